The molecule has 0 N–H and O–H groups in total. The van der Waals surface area contributed by atoms with Crippen LogP contribution >= 0.6 is 11.6 Å². The van der Waals surface area contributed by atoms with Gasteiger partial charge in [0, 0.05) is 17.1 Å². The molecular formula is C9H7ClO4. The van der Waals surface area contributed by atoms with Crippen LogP contribution in [0.4, 0.5) is 0 Å². The van der Waals surface area contributed by atoms with Gasteiger partial charge in [0.2, 0.25) is 5.24 Å². The lowest BCUT2D eigenvalue weighted by atomic mass is 9.85. The molecule has 14 heavy (non-hydrogen) atoms. The Morgan fingerprint density at radius 3 is 2.57 bits per heavy atom. The van der Waals surface area contributed by atoms with Crippen molar-refractivity contribution in [2.45, 2.75) is 19.3 Å². The molecule has 1 unspecified atom stereocenters. The van der Waals surface area contributed by atoms with E-state index in [4.69, 9.17) is 11.6 Å². The molecule has 74 valence electrons. The molecule has 2 rings (SSSR count). The van der Waals surface area contributed by atoms with Gasteiger partial charge in [0.05, 0.1) is 0 Å². The zero-order valence-electron chi connectivity index (χ0n) is 7.21. The van der Waals surface area contributed by atoms with Crippen LogP contribution in [0.1, 0.15) is 19.3 Å². The number of cyclic esters (lactones) is 2. The molecule has 0 aromatic carbocycles. The average molecular weight is 215 g/mol. The third-order valence-corrected chi connectivity index (χ3v) is 2.87. The number of rotatable bonds is 1. The summed E-state index contributed by atoms with van der Waals surface area (Å²) in [5.41, 5.74) is 0.754. The molecule has 0 fully saturated rings. The minimum absolute atomic E-state index is 0.238. The summed E-state index contributed by atoms with van der Waals surface area (Å²) in [5, 5.41) is -0.455. The molecule has 0 aromatic rings. The van der Waals surface area contributed by atoms with Gasteiger partial charge in [-0.3, -0.25) is 4.79 Å². The van der Waals surface area contributed by atoms with Gasteiger partial charge in [-0.25, -0.2) is 9.59 Å². The Labute approximate surface area is 84.9 Å². The normalized spacial score (nSPS) is 26.2. The van der Waals surface area contributed by atoms with Crippen molar-refractivity contribution in [2.24, 2.45) is 5.92 Å². The van der Waals surface area contributed by atoms with Crippen LogP contribution < -0.4 is 0 Å². The molecule has 1 heterocycles. The quantitative estimate of drug-likeness (QED) is 0.370. The van der Waals surface area contributed by atoms with Crippen LogP contribution in [0, 0.1) is 5.92 Å². The molecule has 1 atom stereocenters. The number of hydrogen-bond acceptors (Lipinski definition) is 4. The Morgan fingerprint density at radius 1 is 1.29 bits per heavy atom. The van der Waals surface area contributed by atoms with Gasteiger partial charge in [-0.15, -0.1) is 0 Å². The number of hydrogen-bond donors (Lipinski definition) is 0. The summed E-state index contributed by atoms with van der Waals surface area (Å²) in [6, 6.07) is 0. The van der Waals surface area contributed by atoms with Gasteiger partial charge in [0.15, 0.2) is 0 Å². The van der Waals surface area contributed by atoms with Crippen LogP contribution in [-0.4, -0.2) is 17.2 Å². The van der Waals surface area contributed by atoms with Gasteiger partial charge in [-0.05, 0) is 30.9 Å². The molecule has 0 radical (unpaired) electrons. The van der Waals surface area contributed by atoms with Crippen LogP contribution in [-0.2, 0) is 19.1 Å². The van der Waals surface area contributed by atoms with Gasteiger partial charge in [-0.2, -0.15) is 0 Å². The standard InChI is InChI=1S/C9H7ClO4/c10-7(11)4-1-2-5-6(3-4)9(13)14-8(5)12/h4H,1-3H2. The first-order chi connectivity index (χ1) is 6.59. The van der Waals surface area contributed by atoms with E-state index in [1.165, 1.54) is 0 Å². The predicted molar refractivity (Wildman–Crippen MR) is 46.3 cm³/mol. The molecule has 0 amide bonds. The van der Waals surface area contributed by atoms with Crippen molar-refractivity contribution in [1.82, 2.24) is 0 Å². The highest BCUT2D eigenvalue weighted by atomic mass is 35.5. The number of esters is 2. The molecular weight excluding hydrogens is 208 g/mol. The second-order valence-electron chi connectivity index (χ2n) is 3.38. The largest absolute Gasteiger partial charge is 0.386 e. The van der Waals surface area contributed by atoms with E-state index in [1.54, 1.807) is 0 Å². The van der Waals surface area contributed by atoms with Gasteiger partial charge >= 0.3 is 11.9 Å². The minimum atomic E-state index is -0.618. The number of carbonyl (C=O) groups excluding carboxylic acids is 3. The molecule has 2 aliphatic rings. The molecule has 0 saturated carbocycles. The van der Waals surface area contributed by atoms with Crippen molar-refractivity contribution in [1.29, 1.82) is 0 Å². The SMILES string of the molecule is O=C1OC(=O)C2=C1CCC(C(=O)Cl)C2. The summed E-state index contributed by atoms with van der Waals surface area (Å²) < 4.78 is 4.43. The van der Waals surface area contributed by atoms with Crippen LogP contribution in [0.3, 0.4) is 0 Å². The fraction of sp³-hybridized carbons (Fsp3) is 0.444. The number of carbonyl (C=O) groups is 3. The Bertz CT molecular complexity index is 369. The second-order valence-corrected chi connectivity index (χ2v) is 3.75. The molecule has 0 spiro atoms. The van der Waals surface area contributed by atoms with Crippen molar-refractivity contribution < 1.29 is 19.1 Å². The van der Waals surface area contributed by atoms with Gasteiger partial charge in [0.25, 0.3) is 0 Å². The molecule has 0 bridgehead atoms. The van der Waals surface area contributed by atoms with Gasteiger partial charge in [-0.1, -0.05) is 0 Å². The van der Waals surface area contributed by atoms with E-state index in [-0.39, 0.29) is 12.3 Å². The van der Waals surface area contributed by atoms with Crippen LogP contribution in [0.25, 0.3) is 0 Å². The smallest absolute Gasteiger partial charge is 0.342 e. The van der Waals surface area contributed by atoms with E-state index in [1.807, 2.05) is 0 Å². The number of halogens is 1. The summed E-state index contributed by atoms with van der Waals surface area (Å²) in [4.78, 5) is 33.1. The van der Waals surface area contributed by atoms with E-state index in [2.05, 4.69) is 4.74 Å². The van der Waals surface area contributed by atoms with Crippen molar-refractivity contribution in [3.8, 4) is 0 Å². The van der Waals surface area contributed by atoms with Gasteiger partial charge < -0.3 is 4.74 Å². The summed E-state index contributed by atoms with van der Waals surface area (Å²) in [5.74, 6) is -1.54. The van der Waals surface area contributed by atoms with Gasteiger partial charge in [0.1, 0.15) is 0 Å². The maximum absolute atomic E-state index is 11.1. The van der Waals surface area contributed by atoms with Crippen molar-refractivity contribution in [3.63, 3.8) is 0 Å². The monoisotopic (exact) mass is 214 g/mol. The van der Waals surface area contributed by atoms with E-state index in [0.29, 0.717) is 24.0 Å². The Morgan fingerprint density at radius 2 is 1.93 bits per heavy atom. The average Bonchev–Trinajstić information content (AvgIpc) is 2.42. The van der Waals surface area contributed by atoms with Crippen molar-refractivity contribution >= 4 is 28.8 Å². The van der Waals surface area contributed by atoms with E-state index >= 15 is 0 Å². The molecule has 5 heteroatoms. The highest BCUT2D eigenvalue weighted by Crippen LogP contribution is 2.35. The van der Waals surface area contributed by atoms with Crippen LogP contribution in [0.2, 0.25) is 0 Å². The third kappa shape index (κ3) is 1.35. The first-order valence-electron chi connectivity index (χ1n) is 4.27. The van der Waals surface area contributed by atoms with Crippen LogP contribution in [0.5, 0.6) is 0 Å². The maximum atomic E-state index is 11.1. The lowest BCUT2D eigenvalue weighted by Crippen LogP contribution is -2.17. The van der Waals surface area contributed by atoms with Crippen LogP contribution in [0.15, 0.2) is 11.1 Å². The number of ether oxygens (including phenoxy) is 1. The molecule has 4 nitrogen and oxygen atoms in total. The zero-order chi connectivity index (χ0) is 10.3. The summed E-state index contributed by atoms with van der Waals surface area (Å²) in [6.07, 6.45) is 1.16. The highest BCUT2D eigenvalue weighted by molar-refractivity contribution is 6.64. The van der Waals surface area contributed by atoms with Crippen molar-refractivity contribution in [3.05, 3.63) is 11.1 Å². The van der Waals surface area contributed by atoms with E-state index < -0.39 is 17.2 Å². The maximum Gasteiger partial charge on any atom is 0.342 e. The minimum Gasteiger partial charge on any atom is -0.386 e. The van der Waals surface area contributed by atoms with E-state index in [0.717, 1.165) is 0 Å². The second kappa shape index (κ2) is 3.20. The molecule has 1 aliphatic carbocycles. The fourth-order valence-electron chi connectivity index (χ4n) is 1.77. The third-order valence-electron chi connectivity index (χ3n) is 2.56. The molecule has 0 saturated heterocycles. The molecule has 0 aromatic heterocycles. The summed E-state index contributed by atoms with van der Waals surface area (Å²) in [7, 11) is 0. The summed E-state index contributed by atoms with van der Waals surface area (Å²) in [6.45, 7) is 0. The summed E-state index contributed by atoms with van der Waals surface area (Å²) >= 11 is 5.33. The first kappa shape index (κ1) is 9.40. The highest BCUT2D eigenvalue weighted by Gasteiger charge is 2.38. The fourth-order valence-corrected chi connectivity index (χ4v) is 1.96. The van der Waals surface area contributed by atoms with Crippen molar-refractivity contribution in [2.75, 3.05) is 0 Å². The zero-order valence-corrected chi connectivity index (χ0v) is 7.97. The molecule has 1 aliphatic heterocycles. The Hall–Kier alpha value is -1.16. The lowest BCUT2D eigenvalue weighted by molar-refractivity contribution is -0.151. The topological polar surface area (TPSA) is 60.4 Å². The lowest BCUT2D eigenvalue weighted by Gasteiger charge is -2.16. The first-order valence-corrected chi connectivity index (χ1v) is 4.65. The predicted octanol–water partition coefficient (Wildman–Crippen LogP) is 0.932. The Balaban J connectivity index is 2.27. The Kier molecular flexibility index (Phi) is 2.15. The van der Waals surface area contributed by atoms with E-state index in [9.17, 15) is 14.4 Å².